The van der Waals surface area contributed by atoms with E-state index >= 15 is 0 Å². The highest BCUT2D eigenvalue weighted by Crippen LogP contribution is 2.30. The fourth-order valence-corrected chi connectivity index (χ4v) is 3.63. The monoisotopic (exact) mass is 244 g/mol. The van der Waals surface area contributed by atoms with E-state index in [-0.39, 0.29) is 23.8 Å². The zero-order chi connectivity index (χ0) is 11.8. The molecule has 2 rings (SSSR count). The molecular weight excluding hydrogens is 232 g/mol. The Morgan fingerprint density at radius 3 is 2.81 bits per heavy atom. The van der Waals surface area contributed by atoms with Gasteiger partial charge in [-0.05, 0) is 18.6 Å². The summed E-state index contributed by atoms with van der Waals surface area (Å²) < 4.78 is 27.9. The van der Waals surface area contributed by atoms with E-state index in [1.165, 1.54) is 0 Å². The molecule has 0 bridgehead atoms. The number of rotatable bonds is 3. The molecule has 1 unspecified atom stereocenters. The van der Waals surface area contributed by atoms with E-state index in [1.54, 1.807) is 12.1 Å². The summed E-state index contributed by atoms with van der Waals surface area (Å²) in [5.41, 5.74) is 0. The molecule has 1 fully saturated rings. The van der Waals surface area contributed by atoms with E-state index in [0.29, 0.717) is 17.9 Å². The summed E-state index contributed by atoms with van der Waals surface area (Å²) in [5, 5.41) is 8.57. The van der Waals surface area contributed by atoms with Crippen molar-refractivity contribution in [3.63, 3.8) is 0 Å². The third-order valence-electron chi connectivity index (χ3n) is 2.64. The summed E-state index contributed by atoms with van der Waals surface area (Å²) in [5.74, 6) is 0.163. The third kappa shape index (κ3) is 2.44. The molecule has 0 aliphatic carbocycles. The van der Waals surface area contributed by atoms with Crippen molar-refractivity contribution >= 4 is 15.8 Å². The first-order chi connectivity index (χ1) is 7.46. The van der Waals surface area contributed by atoms with Crippen LogP contribution in [0.15, 0.2) is 16.5 Å². The van der Waals surface area contributed by atoms with Crippen LogP contribution in [0.5, 0.6) is 0 Å². The SMILES string of the molecule is O=C(O)Cc1ccc(C2CCS(=O)(=O)C2)o1. The topological polar surface area (TPSA) is 84.6 Å². The molecule has 1 N–H and O–H groups in total. The van der Waals surface area contributed by atoms with Crippen molar-refractivity contribution < 1.29 is 22.7 Å². The van der Waals surface area contributed by atoms with Gasteiger partial charge in [0.15, 0.2) is 9.84 Å². The molecule has 1 aromatic heterocycles. The summed E-state index contributed by atoms with van der Waals surface area (Å²) in [6.45, 7) is 0. The zero-order valence-corrected chi connectivity index (χ0v) is 9.37. The molecule has 5 nitrogen and oxygen atoms in total. The highest BCUT2D eigenvalue weighted by atomic mass is 32.2. The van der Waals surface area contributed by atoms with Crippen LogP contribution in [0.2, 0.25) is 0 Å². The van der Waals surface area contributed by atoms with Gasteiger partial charge in [0.05, 0.1) is 11.5 Å². The van der Waals surface area contributed by atoms with Crippen LogP contribution in [0.3, 0.4) is 0 Å². The van der Waals surface area contributed by atoms with Gasteiger partial charge in [0.25, 0.3) is 0 Å². The average Bonchev–Trinajstić information content (AvgIpc) is 2.71. The van der Waals surface area contributed by atoms with E-state index in [0.717, 1.165) is 0 Å². The van der Waals surface area contributed by atoms with Gasteiger partial charge in [-0.3, -0.25) is 4.79 Å². The summed E-state index contributed by atoms with van der Waals surface area (Å²) in [6, 6.07) is 3.26. The Bertz CT molecular complexity index is 499. The zero-order valence-electron chi connectivity index (χ0n) is 8.55. The lowest BCUT2D eigenvalue weighted by atomic mass is 10.1. The number of carboxylic acid groups (broad SMARTS) is 1. The first kappa shape index (κ1) is 11.2. The number of hydrogen-bond donors (Lipinski definition) is 1. The molecule has 0 aromatic carbocycles. The molecule has 88 valence electrons. The van der Waals surface area contributed by atoms with Gasteiger partial charge in [-0.25, -0.2) is 8.42 Å². The van der Waals surface area contributed by atoms with E-state index in [2.05, 4.69) is 0 Å². The highest BCUT2D eigenvalue weighted by molar-refractivity contribution is 7.91. The number of carboxylic acids is 1. The lowest BCUT2D eigenvalue weighted by Gasteiger charge is -2.02. The summed E-state index contributed by atoms with van der Waals surface area (Å²) in [6.07, 6.45) is 0.391. The van der Waals surface area contributed by atoms with Crippen molar-refractivity contribution in [2.24, 2.45) is 0 Å². The quantitative estimate of drug-likeness (QED) is 0.850. The minimum Gasteiger partial charge on any atom is -0.481 e. The van der Waals surface area contributed by atoms with E-state index < -0.39 is 15.8 Å². The molecule has 0 saturated carbocycles. The third-order valence-corrected chi connectivity index (χ3v) is 4.41. The lowest BCUT2D eigenvalue weighted by Crippen LogP contribution is -2.03. The van der Waals surface area contributed by atoms with Crippen LogP contribution in [0.4, 0.5) is 0 Å². The van der Waals surface area contributed by atoms with Crippen molar-refractivity contribution in [1.29, 1.82) is 0 Å². The molecule has 1 aliphatic heterocycles. The van der Waals surface area contributed by atoms with Crippen LogP contribution in [0.25, 0.3) is 0 Å². The molecule has 1 saturated heterocycles. The summed E-state index contributed by atoms with van der Waals surface area (Å²) in [4.78, 5) is 10.4. The normalized spacial score (nSPS) is 23.4. The Kier molecular flexibility index (Phi) is 2.75. The molecule has 2 heterocycles. The maximum atomic E-state index is 11.3. The Morgan fingerprint density at radius 1 is 1.50 bits per heavy atom. The lowest BCUT2D eigenvalue weighted by molar-refractivity contribution is -0.136. The Hall–Kier alpha value is -1.30. The van der Waals surface area contributed by atoms with E-state index in [1.807, 2.05) is 0 Å². The predicted molar refractivity (Wildman–Crippen MR) is 56.1 cm³/mol. The molecule has 1 atom stereocenters. The first-order valence-corrected chi connectivity index (χ1v) is 6.79. The maximum absolute atomic E-state index is 11.3. The van der Waals surface area contributed by atoms with Crippen LogP contribution in [-0.4, -0.2) is 31.0 Å². The van der Waals surface area contributed by atoms with Crippen molar-refractivity contribution in [2.45, 2.75) is 18.8 Å². The van der Waals surface area contributed by atoms with E-state index in [9.17, 15) is 13.2 Å². The second-order valence-electron chi connectivity index (χ2n) is 3.97. The van der Waals surface area contributed by atoms with Gasteiger partial charge >= 0.3 is 5.97 Å². The van der Waals surface area contributed by atoms with Crippen molar-refractivity contribution in [2.75, 3.05) is 11.5 Å². The van der Waals surface area contributed by atoms with Crippen LogP contribution >= 0.6 is 0 Å². The molecular formula is C10H12O5S. The number of sulfone groups is 1. The van der Waals surface area contributed by atoms with Crippen molar-refractivity contribution in [3.05, 3.63) is 23.7 Å². The smallest absolute Gasteiger partial charge is 0.311 e. The highest BCUT2D eigenvalue weighted by Gasteiger charge is 2.31. The van der Waals surface area contributed by atoms with Gasteiger partial charge in [0.2, 0.25) is 0 Å². The second kappa shape index (κ2) is 3.93. The molecule has 0 radical (unpaired) electrons. The fourth-order valence-electron chi connectivity index (χ4n) is 1.88. The molecule has 6 heteroatoms. The standard InChI is InChI=1S/C10H12O5S/c11-10(12)5-8-1-2-9(15-8)7-3-4-16(13,14)6-7/h1-2,7H,3-6H2,(H,11,12). The predicted octanol–water partition coefficient (Wildman–Crippen LogP) is 0.809. The van der Waals surface area contributed by atoms with Gasteiger partial charge in [-0.1, -0.05) is 0 Å². The summed E-state index contributed by atoms with van der Waals surface area (Å²) >= 11 is 0. The van der Waals surface area contributed by atoms with Gasteiger partial charge in [-0.15, -0.1) is 0 Å². The molecule has 1 aliphatic rings. The largest absolute Gasteiger partial charge is 0.481 e. The van der Waals surface area contributed by atoms with Gasteiger partial charge in [0, 0.05) is 5.92 Å². The van der Waals surface area contributed by atoms with Crippen LogP contribution in [-0.2, 0) is 21.1 Å². The first-order valence-electron chi connectivity index (χ1n) is 4.97. The van der Waals surface area contributed by atoms with Gasteiger partial charge in [-0.2, -0.15) is 0 Å². The van der Waals surface area contributed by atoms with Crippen LogP contribution in [0.1, 0.15) is 23.9 Å². The minimum absolute atomic E-state index is 0.104. The van der Waals surface area contributed by atoms with Crippen molar-refractivity contribution in [1.82, 2.24) is 0 Å². The van der Waals surface area contributed by atoms with Gasteiger partial charge in [0.1, 0.15) is 17.9 Å². The van der Waals surface area contributed by atoms with Crippen LogP contribution in [0, 0.1) is 0 Å². The Labute approximate surface area is 93.0 Å². The molecule has 0 amide bonds. The second-order valence-corrected chi connectivity index (χ2v) is 6.20. The molecule has 1 aromatic rings. The number of carbonyl (C=O) groups is 1. The van der Waals surface area contributed by atoms with E-state index in [4.69, 9.17) is 9.52 Å². The minimum atomic E-state index is -2.93. The van der Waals surface area contributed by atoms with Gasteiger partial charge < -0.3 is 9.52 Å². The Balaban J connectivity index is 2.11. The Morgan fingerprint density at radius 2 is 2.25 bits per heavy atom. The van der Waals surface area contributed by atoms with Crippen molar-refractivity contribution in [3.8, 4) is 0 Å². The van der Waals surface area contributed by atoms with Crippen LogP contribution < -0.4 is 0 Å². The number of furan rings is 1. The number of aliphatic carboxylic acids is 1. The maximum Gasteiger partial charge on any atom is 0.311 e. The average molecular weight is 244 g/mol. The molecule has 0 spiro atoms. The number of hydrogen-bond acceptors (Lipinski definition) is 4. The molecule has 16 heavy (non-hydrogen) atoms. The fraction of sp³-hybridized carbons (Fsp3) is 0.500. The summed E-state index contributed by atoms with van der Waals surface area (Å²) in [7, 11) is -2.93.